The summed E-state index contributed by atoms with van der Waals surface area (Å²) in [7, 11) is 1.65. The predicted octanol–water partition coefficient (Wildman–Crippen LogP) is 0.672. The number of hydrogen-bond acceptors (Lipinski definition) is 4. The maximum absolute atomic E-state index is 11.8. The average molecular weight is 258 g/mol. The van der Waals surface area contributed by atoms with Crippen molar-refractivity contribution in [3.8, 4) is 0 Å². The van der Waals surface area contributed by atoms with Crippen LogP contribution in [-0.4, -0.2) is 44.9 Å². The molecular formula is C13H26N2O3. The normalized spacial score (nSPS) is 25.1. The first kappa shape index (κ1) is 15.4. The minimum Gasteiger partial charge on any atom is -0.385 e. The Morgan fingerprint density at radius 2 is 2.39 bits per heavy atom. The molecule has 0 aromatic heterocycles. The zero-order valence-corrected chi connectivity index (χ0v) is 11.5. The third-order valence-corrected chi connectivity index (χ3v) is 3.49. The molecule has 3 atom stereocenters. The quantitative estimate of drug-likeness (QED) is 0.628. The van der Waals surface area contributed by atoms with Crippen LogP contribution in [0.1, 0.15) is 32.6 Å². The third-order valence-electron chi connectivity index (χ3n) is 3.49. The summed E-state index contributed by atoms with van der Waals surface area (Å²) in [4.78, 5) is 11.8. The summed E-state index contributed by atoms with van der Waals surface area (Å²) in [6, 6.07) is -0.428. The Bertz CT molecular complexity index is 248. The van der Waals surface area contributed by atoms with Gasteiger partial charge in [-0.05, 0) is 25.7 Å². The largest absolute Gasteiger partial charge is 0.385 e. The van der Waals surface area contributed by atoms with Crippen LogP contribution in [0, 0.1) is 5.92 Å². The van der Waals surface area contributed by atoms with Gasteiger partial charge >= 0.3 is 0 Å². The van der Waals surface area contributed by atoms with Crippen LogP contribution in [-0.2, 0) is 14.3 Å². The molecule has 0 aromatic carbocycles. The monoisotopic (exact) mass is 258 g/mol. The number of methoxy groups -OCH3 is 1. The van der Waals surface area contributed by atoms with Gasteiger partial charge in [-0.15, -0.1) is 0 Å². The Labute approximate surface area is 109 Å². The van der Waals surface area contributed by atoms with Gasteiger partial charge in [0.2, 0.25) is 5.91 Å². The highest BCUT2D eigenvalue weighted by atomic mass is 16.5. The Kier molecular flexibility index (Phi) is 7.23. The molecule has 1 saturated heterocycles. The van der Waals surface area contributed by atoms with Crippen LogP contribution >= 0.6 is 0 Å². The highest BCUT2D eigenvalue weighted by Gasteiger charge is 2.27. The summed E-state index contributed by atoms with van der Waals surface area (Å²) in [5.41, 5.74) is 5.81. The number of carbonyl (C=O) groups is 1. The van der Waals surface area contributed by atoms with Crippen LogP contribution in [0.25, 0.3) is 0 Å². The Morgan fingerprint density at radius 3 is 3.06 bits per heavy atom. The zero-order chi connectivity index (χ0) is 13.4. The zero-order valence-electron chi connectivity index (χ0n) is 11.5. The molecule has 0 radical (unpaired) electrons. The SMILES string of the molecule is CCC1OCCC1CNC(=O)C(N)CCCOC. The maximum atomic E-state index is 11.8. The highest BCUT2D eigenvalue weighted by Crippen LogP contribution is 2.22. The average Bonchev–Trinajstić information content (AvgIpc) is 2.83. The van der Waals surface area contributed by atoms with Crippen molar-refractivity contribution >= 4 is 5.91 Å². The van der Waals surface area contributed by atoms with Gasteiger partial charge in [-0.3, -0.25) is 4.79 Å². The second-order valence-corrected chi connectivity index (χ2v) is 4.85. The standard InChI is InChI=1S/C13H26N2O3/c1-3-12-10(6-8-18-12)9-15-13(16)11(14)5-4-7-17-2/h10-12H,3-9,14H2,1-2H3,(H,15,16). The minimum absolute atomic E-state index is 0.0622. The number of carbonyl (C=O) groups excluding carboxylic acids is 1. The molecule has 1 aliphatic heterocycles. The van der Waals surface area contributed by atoms with E-state index in [9.17, 15) is 4.79 Å². The van der Waals surface area contributed by atoms with Gasteiger partial charge in [0.1, 0.15) is 0 Å². The van der Waals surface area contributed by atoms with Gasteiger partial charge in [0.15, 0.2) is 0 Å². The van der Waals surface area contributed by atoms with E-state index < -0.39 is 6.04 Å². The minimum atomic E-state index is -0.428. The predicted molar refractivity (Wildman–Crippen MR) is 70.2 cm³/mol. The first-order chi connectivity index (χ1) is 8.69. The Balaban J connectivity index is 2.19. The number of nitrogens with one attached hydrogen (secondary N) is 1. The van der Waals surface area contributed by atoms with Gasteiger partial charge in [-0.1, -0.05) is 6.92 Å². The summed E-state index contributed by atoms with van der Waals surface area (Å²) in [5, 5.41) is 2.93. The molecule has 0 spiro atoms. The first-order valence-electron chi connectivity index (χ1n) is 6.82. The van der Waals surface area contributed by atoms with Crippen LogP contribution in [0.2, 0.25) is 0 Å². The summed E-state index contributed by atoms with van der Waals surface area (Å²) in [6.45, 7) is 4.24. The van der Waals surface area contributed by atoms with E-state index in [1.165, 1.54) is 0 Å². The van der Waals surface area contributed by atoms with E-state index in [0.717, 1.165) is 25.9 Å². The van der Waals surface area contributed by atoms with Crippen molar-refractivity contribution in [2.24, 2.45) is 11.7 Å². The van der Waals surface area contributed by atoms with Crippen LogP contribution < -0.4 is 11.1 Å². The van der Waals surface area contributed by atoms with E-state index in [-0.39, 0.29) is 12.0 Å². The van der Waals surface area contributed by atoms with Crippen LogP contribution in [0.15, 0.2) is 0 Å². The lowest BCUT2D eigenvalue weighted by Gasteiger charge is -2.18. The van der Waals surface area contributed by atoms with E-state index in [2.05, 4.69) is 12.2 Å². The molecule has 3 N–H and O–H groups in total. The summed E-state index contributed by atoms with van der Waals surface area (Å²) in [5.74, 6) is 0.373. The lowest BCUT2D eigenvalue weighted by atomic mass is 9.99. The van der Waals surface area contributed by atoms with E-state index >= 15 is 0 Å². The smallest absolute Gasteiger partial charge is 0.236 e. The second-order valence-electron chi connectivity index (χ2n) is 4.85. The summed E-state index contributed by atoms with van der Waals surface area (Å²) < 4.78 is 10.5. The Morgan fingerprint density at radius 1 is 1.61 bits per heavy atom. The molecule has 5 heteroatoms. The first-order valence-corrected chi connectivity index (χ1v) is 6.82. The maximum Gasteiger partial charge on any atom is 0.236 e. The van der Waals surface area contributed by atoms with Crippen LogP contribution in [0.5, 0.6) is 0 Å². The molecule has 106 valence electrons. The third kappa shape index (κ3) is 4.92. The number of nitrogens with two attached hydrogens (primary N) is 1. The van der Waals surface area contributed by atoms with Crippen LogP contribution in [0.4, 0.5) is 0 Å². The molecule has 5 nitrogen and oxygen atoms in total. The fraction of sp³-hybridized carbons (Fsp3) is 0.923. The lowest BCUT2D eigenvalue weighted by Crippen LogP contribution is -2.43. The van der Waals surface area contributed by atoms with Gasteiger partial charge in [-0.2, -0.15) is 0 Å². The fourth-order valence-corrected chi connectivity index (χ4v) is 2.32. The van der Waals surface area contributed by atoms with Crippen molar-refractivity contribution in [1.29, 1.82) is 0 Å². The van der Waals surface area contributed by atoms with E-state index in [0.29, 0.717) is 25.5 Å². The molecule has 1 heterocycles. The molecule has 0 aliphatic carbocycles. The molecule has 1 fully saturated rings. The van der Waals surface area contributed by atoms with Crippen molar-refractivity contribution in [3.05, 3.63) is 0 Å². The molecule has 3 unspecified atom stereocenters. The number of ether oxygens (including phenoxy) is 2. The molecule has 1 aliphatic rings. The van der Waals surface area contributed by atoms with E-state index in [1.54, 1.807) is 7.11 Å². The molecule has 1 rings (SSSR count). The highest BCUT2D eigenvalue weighted by molar-refractivity contribution is 5.81. The van der Waals surface area contributed by atoms with Gasteiger partial charge in [0.05, 0.1) is 12.1 Å². The van der Waals surface area contributed by atoms with Gasteiger partial charge < -0.3 is 20.5 Å². The number of rotatable bonds is 8. The van der Waals surface area contributed by atoms with Crippen molar-refractivity contribution < 1.29 is 14.3 Å². The second kappa shape index (κ2) is 8.45. The summed E-state index contributed by atoms with van der Waals surface area (Å²) >= 11 is 0. The lowest BCUT2D eigenvalue weighted by molar-refractivity contribution is -0.122. The molecule has 0 bridgehead atoms. The van der Waals surface area contributed by atoms with Crippen LogP contribution in [0.3, 0.4) is 0 Å². The molecule has 18 heavy (non-hydrogen) atoms. The topological polar surface area (TPSA) is 73.6 Å². The van der Waals surface area contributed by atoms with Gasteiger partial charge in [0.25, 0.3) is 0 Å². The van der Waals surface area contributed by atoms with E-state index in [4.69, 9.17) is 15.2 Å². The molecule has 0 aromatic rings. The van der Waals surface area contributed by atoms with Crippen molar-refractivity contribution in [2.45, 2.75) is 44.8 Å². The molecule has 0 saturated carbocycles. The fourth-order valence-electron chi connectivity index (χ4n) is 2.32. The van der Waals surface area contributed by atoms with Crippen molar-refractivity contribution in [2.75, 3.05) is 26.9 Å². The number of amides is 1. The van der Waals surface area contributed by atoms with Crippen molar-refractivity contribution in [3.63, 3.8) is 0 Å². The van der Waals surface area contributed by atoms with E-state index in [1.807, 2.05) is 0 Å². The summed E-state index contributed by atoms with van der Waals surface area (Å²) in [6.07, 6.45) is 3.79. The number of hydrogen-bond donors (Lipinski definition) is 2. The van der Waals surface area contributed by atoms with Crippen molar-refractivity contribution in [1.82, 2.24) is 5.32 Å². The molecule has 1 amide bonds. The Hall–Kier alpha value is -0.650. The van der Waals surface area contributed by atoms with Gasteiger partial charge in [-0.25, -0.2) is 0 Å². The molecular weight excluding hydrogens is 232 g/mol. The van der Waals surface area contributed by atoms with Gasteiger partial charge in [0, 0.05) is 32.8 Å².